The molecule has 20 heteroatoms. The molecule has 2 aromatic heterocycles. The summed E-state index contributed by atoms with van der Waals surface area (Å²) >= 11 is 0. The van der Waals surface area contributed by atoms with Crippen LogP contribution >= 0.6 is 0 Å². The van der Waals surface area contributed by atoms with Gasteiger partial charge in [-0.2, -0.15) is 30.5 Å². The number of carbonyl (C=O) groups excluding carboxylic acids is 4. The van der Waals surface area contributed by atoms with E-state index in [-0.39, 0.29) is 99.7 Å². The van der Waals surface area contributed by atoms with Gasteiger partial charge in [-0.1, -0.05) is 69.1 Å². The number of ether oxygens (including phenoxy) is 2. The zero-order valence-electron chi connectivity index (χ0n) is 49.5. The summed E-state index contributed by atoms with van der Waals surface area (Å²) in [5, 5.41) is 19.6. The van der Waals surface area contributed by atoms with Crippen LogP contribution in [0.1, 0.15) is 136 Å². The fourth-order valence-corrected chi connectivity index (χ4v) is 15.9. The number of nitrogens with zero attached hydrogens (tertiary/aromatic N) is 12. The number of likely N-dealkylation sites (N-methyl/N-ethyl adjacent to an activating group) is 2. The first kappa shape index (κ1) is 58.4. The molecule has 2 spiro atoms. The molecular weight excluding hydrogens is 1090 g/mol. The summed E-state index contributed by atoms with van der Waals surface area (Å²) in [5.41, 5.74) is 7.19. The monoisotopic (exact) mass is 1170 g/mol. The van der Waals surface area contributed by atoms with Gasteiger partial charge in [-0.15, -0.1) is 0 Å². The van der Waals surface area contributed by atoms with Crippen LogP contribution in [0.15, 0.2) is 73.9 Å². The van der Waals surface area contributed by atoms with E-state index in [0.29, 0.717) is 93.1 Å². The van der Waals surface area contributed by atoms with E-state index < -0.39 is 46.4 Å². The van der Waals surface area contributed by atoms with E-state index in [1.54, 1.807) is 0 Å². The second kappa shape index (κ2) is 23.4. The average molecular weight is 1170 g/mol. The molecule has 4 aromatic rings. The number of carbonyl (C=O) groups is 4. The van der Waals surface area contributed by atoms with Crippen molar-refractivity contribution in [3.63, 3.8) is 0 Å². The number of halogens is 2. The number of piperazine rings is 2. The number of ketones is 2. The van der Waals surface area contributed by atoms with Crippen molar-refractivity contribution in [3.8, 4) is 24.2 Å². The van der Waals surface area contributed by atoms with Gasteiger partial charge in [0.25, 0.3) is 11.8 Å². The van der Waals surface area contributed by atoms with Crippen LogP contribution in [0.5, 0.6) is 12.0 Å². The largest absolute Gasteiger partial charge is 0.462 e. The molecule has 2 unspecified atom stereocenters. The Kier molecular flexibility index (Phi) is 15.9. The smallest absolute Gasteiger partial charge is 0.319 e. The van der Waals surface area contributed by atoms with Crippen LogP contribution in [-0.2, 0) is 35.3 Å². The molecule has 448 valence electrons. The number of rotatable bonds is 13. The number of likely N-dealkylation sites (tertiary alicyclic amines) is 2. The van der Waals surface area contributed by atoms with E-state index in [4.69, 9.17) is 36.0 Å². The normalized spacial score (nSPS) is 27.3. The van der Waals surface area contributed by atoms with Crippen LogP contribution < -0.4 is 19.3 Å². The fourth-order valence-electron chi connectivity index (χ4n) is 15.9. The molecule has 4 fully saturated rings. The van der Waals surface area contributed by atoms with E-state index in [9.17, 15) is 28.9 Å². The molecule has 8 aliphatic rings. The summed E-state index contributed by atoms with van der Waals surface area (Å²) in [4.78, 5) is 87.6. The quantitative estimate of drug-likeness (QED) is 0.116. The lowest BCUT2D eigenvalue weighted by Crippen LogP contribution is -2.56. The Morgan fingerprint density at radius 3 is 1.80 bits per heavy atom. The molecule has 86 heavy (non-hydrogen) atoms. The summed E-state index contributed by atoms with van der Waals surface area (Å²) in [7, 11) is 4.14. The zero-order valence-corrected chi connectivity index (χ0v) is 49.5. The molecule has 2 amide bonds. The number of hydrogen-bond donors (Lipinski definition) is 0. The zero-order chi connectivity index (χ0) is 60.3. The van der Waals surface area contributed by atoms with E-state index in [0.717, 1.165) is 60.2 Å². The summed E-state index contributed by atoms with van der Waals surface area (Å²) in [6, 6.07) is 18.0. The SMILES string of the molecule is C=C(F)C(=O)N1CCN(c2nc(OC[C@@H]3CCCN3C)nc3c2CC[C@@]2(CC(=C)c4c(cccc4C4C[C@@H](COc5nc6c(c(N7CCN(C(=O)C(=C)F)[C@@H](CC#N)C7)n5)CC[C@]5(Cc7ccccc7C(C)C5)C6=O)N(C)C4)C2)C3=O)C[C@@H]1CC#N. The highest BCUT2D eigenvalue weighted by molar-refractivity contribution is 6.04. The lowest BCUT2D eigenvalue weighted by molar-refractivity contribution is -0.132. The molecule has 0 radical (unpaired) electrons. The third kappa shape index (κ3) is 10.6. The first-order valence-electron chi connectivity index (χ1n) is 30.4. The Balaban J connectivity index is 0.795. The van der Waals surface area contributed by atoms with Gasteiger partial charge in [0.05, 0.1) is 37.1 Å². The summed E-state index contributed by atoms with van der Waals surface area (Å²) < 4.78 is 41.5. The van der Waals surface area contributed by atoms with Gasteiger partial charge in [-0.05, 0) is 136 Å². The Hall–Kier alpha value is -7.94. The number of aromatic nitrogens is 4. The fraction of sp³-hybridized carbons (Fsp3) is 0.515. The molecule has 0 saturated carbocycles. The minimum atomic E-state index is -1.08. The number of Topliss-reactive ketones (excluding diaryl/α,β-unsaturated/α-hetero) is 2. The third-order valence-corrected chi connectivity index (χ3v) is 20.3. The lowest BCUT2D eigenvalue weighted by Gasteiger charge is -2.44. The number of allylic oxidation sites excluding steroid dienone is 1. The van der Waals surface area contributed by atoms with E-state index in [1.165, 1.54) is 20.9 Å². The molecule has 6 heterocycles. The van der Waals surface area contributed by atoms with Gasteiger partial charge >= 0.3 is 12.0 Å². The molecule has 4 aliphatic heterocycles. The summed E-state index contributed by atoms with van der Waals surface area (Å²) in [5.74, 6) is -2.65. The Bertz CT molecular complexity index is 3560. The van der Waals surface area contributed by atoms with Crippen LogP contribution in [0.4, 0.5) is 20.4 Å². The molecule has 2 aromatic carbocycles. The third-order valence-electron chi connectivity index (χ3n) is 20.3. The first-order valence-corrected chi connectivity index (χ1v) is 30.4. The number of fused-ring (bicyclic) bond motifs is 4. The standard InChI is InChI=1S/C66H74F2N12O6/c1-39-30-65(32-43-11-7-8-14-50(39)43)20-16-52-55(57(65)81)72-64(74-60(52)78-26-28-80(62(84)42(4)68)47(36-78)19-23-70)86-38-49-29-45(34-76(49)6)51-15-9-12-44-33-66(31-40(2)54(44)51)21-17-53-56(58(66)82)71-63(85-37-48-13-10-24-75(48)5)73-59(53)77-25-27-79(61(83)41(3)67)46(35-77)18-22-69/h7-9,11-12,14-15,39,45-49H,2-4,10,13,16-21,24-38H2,1,5-6H3/t39?,45?,46-,47-,48-,49-,65-,66-/m0/s1. The molecular formula is C66H74F2N12O6. The van der Waals surface area contributed by atoms with Crippen molar-refractivity contribution >= 4 is 40.6 Å². The van der Waals surface area contributed by atoms with Crippen LogP contribution in [0.3, 0.4) is 0 Å². The van der Waals surface area contributed by atoms with Gasteiger partial charge in [-0.3, -0.25) is 24.1 Å². The summed E-state index contributed by atoms with van der Waals surface area (Å²) in [6.07, 6.45) is 7.10. The van der Waals surface area contributed by atoms with Crippen LogP contribution in [0.25, 0.3) is 5.57 Å². The highest BCUT2D eigenvalue weighted by Gasteiger charge is 2.51. The average Bonchev–Trinajstić information content (AvgIpc) is 1.09. The number of nitriles is 2. The summed E-state index contributed by atoms with van der Waals surface area (Å²) in [6.45, 7) is 16.8. The molecule has 4 aliphatic carbocycles. The van der Waals surface area contributed by atoms with E-state index in [2.05, 4.69) is 86.4 Å². The maximum Gasteiger partial charge on any atom is 0.319 e. The topological polar surface area (TPSA) is 205 Å². The van der Waals surface area contributed by atoms with Gasteiger partial charge in [0, 0.05) is 79.9 Å². The van der Waals surface area contributed by atoms with Gasteiger partial charge in [-0.25, -0.2) is 8.78 Å². The van der Waals surface area contributed by atoms with Crippen molar-refractivity contribution in [3.05, 3.63) is 124 Å². The van der Waals surface area contributed by atoms with Gasteiger partial charge in [0.15, 0.2) is 23.2 Å². The number of hydrogen-bond acceptors (Lipinski definition) is 16. The highest BCUT2D eigenvalue weighted by Crippen LogP contribution is 2.53. The van der Waals surface area contributed by atoms with Crippen LogP contribution in [0, 0.1) is 33.5 Å². The lowest BCUT2D eigenvalue weighted by atomic mass is 9.60. The van der Waals surface area contributed by atoms with E-state index >= 15 is 9.59 Å². The predicted molar refractivity (Wildman–Crippen MR) is 318 cm³/mol. The van der Waals surface area contributed by atoms with Gasteiger partial charge in [0.1, 0.15) is 36.2 Å². The van der Waals surface area contributed by atoms with Crippen molar-refractivity contribution in [2.24, 2.45) is 10.8 Å². The maximum absolute atomic E-state index is 15.4. The molecule has 4 saturated heterocycles. The van der Waals surface area contributed by atoms with Crippen molar-refractivity contribution in [2.75, 3.05) is 89.5 Å². The van der Waals surface area contributed by atoms with Crippen molar-refractivity contribution in [1.82, 2.24) is 39.5 Å². The molecule has 0 N–H and O–H groups in total. The maximum atomic E-state index is 15.4. The highest BCUT2D eigenvalue weighted by atomic mass is 19.1. The number of amides is 2. The Morgan fingerprint density at radius 2 is 1.22 bits per heavy atom. The minimum Gasteiger partial charge on any atom is -0.462 e. The second-order valence-corrected chi connectivity index (χ2v) is 25.5. The molecule has 8 atom stereocenters. The Labute approximate surface area is 501 Å². The number of anilines is 2. The van der Waals surface area contributed by atoms with Crippen LogP contribution in [0.2, 0.25) is 0 Å². The molecule has 12 rings (SSSR count). The Morgan fingerprint density at radius 1 is 0.674 bits per heavy atom. The van der Waals surface area contributed by atoms with Gasteiger partial charge in [0.2, 0.25) is 0 Å². The first-order chi connectivity index (χ1) is 41.4. The second-order valence-electron chi connectivity index (χ2n) is 25.5. The van der Waals surface area contributed by atoms with Crippen molar-refractivity contribution in [1.29, 1.82) is 10.5 Å². The minimum absolute atomic E-state index is 0.0254. The number of benzene rings is 2. The van der Waals surface area contributed by atoms with Crippen LogP contribution in [-0.4, -0.2) is 167 Å². The van der Waals surface area contributed by atoms with Crippen molar-refractivity contribution < 1.29 is 37.4 Å². The predicted octanol–water partition coefficient (Wildman–Crippen LogP) is 8.07. The molecule has 18 nitrogen and oxygen atoms in total. The van der Waals surface area contributed by atoms with Crippen molar-refractivity contribution in [2.45, 2.75) is 126 Å². The molecule has 0 bridgehead atoms. The van der Waals surface area contributed by atoms with E-state index in [1.807, 2.05) is 21.9 Å². The van der Waals surface area contributed by atoms with Gasteiger partial charge < -0.3 is 34.0 Å².